The van der Waals surface area contributed by atoms with E-state index in [1.807, 2.05) is 0 Å². The van der Waals surface area contributed by atoms with Crippen molar-refractivity contribution in [2.75, 3.05) is 44.2 Å². The van der Waals surface area contributed by atoms with E-state index in [1.165, 1.54) is 36.9 Å². The molecular formula is C25H38N4O. The SMILES string of the molecule is CCNC(=NCc1ccc(N2CC=CC2)cc1)N1CCC(OCC2CCCC2)CC1. The number of rotatable bonds is 7. The van der Waals surface area contributed by atoms with Gasteiger partial charge in [0.2, 0.25) is 0 Å². The van der Waals surface area contributed by atoms with E-state index in [4.69, 9.17) is 9.73 Å². The molecule has 0 atom stereocenters. The van der Waals surface area contributed by atoms with Crippen LogP contribution < -0.4 is 10.2 Å². The van der Waals surface area contributed by atoms with Crippen LogP contribution in [0.25, 0.3) is 0 Å². The molecular weight excluding hydrogens is 372 g/mol. The molecule has 5 heteroatoms. The molecule has 0 amide bonds. The van der Waals surface area contributed by atoms with Crippen molar-refractivity contribution < 1.29 is 4.74 Å². The van der Waals surface area contributed by atoms with Crippen molar-refractivity contribution in [3.8, 4) is 0 Å². The minimum atomic E-state index is 0.428. The number of piperidine rings is 1. The number of benzene rings is 1. The predicted octanol–water partition coefficient (Wildman–Crippen LogP) is 4.20. The zero-order valence-electron chi connectivity index (χ0n) is 18.6. The van der Waals surface area contributed by atoms with Crippen molar-refractivity contribution in [3.05, 3.63) is 42.0 Å². The topological polar surface area (TPSA) is 40.1 Å². The number of nitrogens with zero attached hydrogens (tertiary/aromatic N) is 3. The van der Waals surface area contributed by atoms with E-state index >= 15 is 0 Å². The van der Waals surface area contributed by atoms with Crippen molar-refractivity contribution in [2.45, 2.75) is 58.1 Å². The van der Waals surface area contributed by atoms with Gasteiger partial charge < -0.3 is 19.9 Å². The van der Waals surface area contributed by atoms with E-state index in [0.717, 1.165) is 70.6 Å². The summed E-state index contributed by atoms with van der Waals surface area (Å²) in [5.41, 5.74) is 2.55. The second kappa shape index (κ2) is 10.9. The summed E-state index contributed by atoms with van der Waals surface area (Å²) in [7, 11) is 0. The van der Waals surface area contributed by atoms with Crippen LogP contribution in [0.2, 0.25) is 0 Å². The Morgan fingerprint density at radius 1 is 1.03 bits per heavy atom. The third-order valence-electron chi connectivity index (χ3n) is 6.65. The van der Waals surface area contributed by atoms with Crippen LogP contribution in [0.1, 0.15) is 51.0 Å². The van der Waals surface area contributed by atoms with Crippen molar-refractivity contribution >= 4 is 11.6 Å². The summed E-state index contributed by atoms with van der Waals surface area (Å²) in [6.07, 6.45) is 12.6. The lowest BCUT2D eigenvalue weighted by atomic mass is 10.1. The van der Waals surface area contributed by atoms with Crippen molar-refractivity contribution in [1.82, 2.24) is 10.2 Å². The minimum absolute atomic E-state index is 0.428. The molecule has 1 aromatic rings. The minimum Gasteiger partial charge on any atom is -0.378 e. The van der Waals surface area contributed by atoms with Gasteiger partial charge >= 0.3 is 0 Å². The van der Waals surface area contributed by atoms with Gasteiger partial charge in [-0.25, -0.2) is 4.99 Å². The highest BCUT2D eigenvalue weighted by Gasteiger charge is 2.24. The summed E-state index contributed by atoms with van der Waals surface area (Å²) in [4.78, 5) is 9.71. The molecule has 0 unspecified atom stereocenters. The summed E-state index contributed by atoms with van der Waals surface area (Å²) in [6, 6.07) is 8.86. The highest BCUT2D eigenvalue weighted by Crippen LogP contribution is 2.26. The van der Waals surface area contributed by atoms with Crippen LogP contribution in [-0.4, -0.2) is 56.3 Å². The van der Waals surface area contributed by atoms with Gasteiger partial charge in [-0.2, -0.15) is 0 Å². The van der Waals surface area contributed by atoms with Crippen LogP contribution in [0.5, 0.6) is 0 Å². The number of ether oxygens (including phenoxy) is 1. The average Bonchev–Trinajstić information content (AvgIpc) is 3.51. The van der Waals surface area contributed by atoms with Crippen LogP contribution in [0.3, 0.4) is 0 Å². The molecule has 1 aromatic carbocycles. The van der Waals surface area contributed by atoms with E-state index in [2.05, 4.69) is 58.5 Å². The molecule has 0 spiro atoms. The van der Waals surface area contributed by atoms with Gasteiger partial charge in [-0.1, -0.05) is 37.1 Å². The van der Waals surface area contributed by atoms with E-state index in [-0.39, 0.29) is 0 Å². The molecule has 2 aliphatic heterocycles. The highest BCUT2D eigenvalue weighted by atomic mass is 16.5. The smallest absolute Gasteiger partial charge is 0.194 e. The first-order chi connectivity index (χ1) is 14.8. The van der Waals surface area contributed by atoms with Gasteiger partial charge in [0.05, 0.1) is 12.6 Å². The van der Waals surface area contributed by atoms with Gasteiger partial charge in [-0.15, -0.1) is 0 Å². The summed E-state index contributed by atoms with van der Waals surface area (Å²) >= 11 is 0. The Bertz CT molecular complexity index is 692. The lowest BCUT2D eigenvalue weighted by molar-refractivity contribution is 0.00101. The molecule has 4 rings (SSSR count). The molecule has 5 nitrogen and oxygen atoms in total. The number of aliphatic imine (C=N–C) groups is 1. The fraction of sp³-hybridized carbons (Fsp3) is 0.640. The Morgan fingerprint density at radius 2 is 1.73 bits per heavy atom. The monoisotopic (exact) mass is 410 g/mol. The summed E-state index contributed by atoms with van der Waals surface area (Å²) in [5.74, 6) is 1.86. The van der Waals surface area contributed by atoms with E-state index in [9.17, 15) is 0 Å². The fourth-order valence-electron chi connectivity index (χ4n) is 4.78. The van der Waals surface area contributed by atoms with Crippen molar-refractivity contribution in [1.29, 1.82) is 0 Å². The molecule has 0 aromatic heterocycles. The third-order valence-corrected chi connectivity index (χ3v) is 6.65. The van der Waals surface area contributed by atoms with Crippen LogP contribution in [0.4, 0.5) is 5.69 Å². The Kier molecular flexibility index (Phi) is 7.68. The number of nitrogens with one attached hydrogen (secondary N) is 1. The maximum absolute atomic E-state index is 6.24. The third kappa shape index (κ3) is 5.78. The Balaban J connectivity index is 1.26. The Morgan fingerprint density at radius 3 is 2.40 bits per heavy atom. The van der Waals surface area contributed by atoms with Gasteiger partial charge in [0.25, 0.3) is 0 Å². The number of hydrogen-bond donors (Lipinski definition) is 1. The van der Waals surface area contributed by atoms with E-state index in [0.29, 0.717) is 6.10 Å². The second-order valence-electron chi connectivity index (χ2n) is 8.88. The molecule has 0 radical (unpaired) electrons. The maximum atomic E-state index is 6.24. The number of hydrogen-bond acceptors (Lipinski definition) is 3. The van der Waals surface area contributed by atoms with Crippen molar-refractivity contribution in [3.63, 3.8) is 0 Å². The molecule has 2 fully saturated rings. The molecule has 1 aliphatic carbocycles. The highest BCUT2D eigenvalue weighted by molar-refractivity contribution is 5.80. The number of likely N-dealkylation sites (tertiary alicyclic amines) is 1. The zero-order chi connectivity index (χ0) is 20.6. The second-order valence-corrected chi connectivity index (χ2v) is 8.88. The molecule has 3 aliphatic rings. The fourth-order valence-corrected chi connectivity index (χ4v) is 4.78. The van der Waals surface area contributed by atoms with Gasteiger partial charge in [0.1, 0.15) is 0 Å². The van der Waals surface area contributed by atoms with Crippen LogP contribution in [0, 0.1) is 5.92 Å². The Labute approximate surface area is 182 Å². The van der Waals surface area contributed by atoms with Gasteiger partial charge in [-0.3, -0.25) is 0 Å². The van der Waals surface area contributed by atoms with Crippen LogP contribution in [0.15, 0.2) is 41.4 Å². The molecule has 1 saturated carbocycles. The van der Waals surface area contributed by atoms with Gasteiger partial charge in [0, 0.05) is 45.0 Å². The molecule has 30 heavy (non-hydrogen) atoms. The van der Waals surface area contributed by atoms with E-state index in [1.54, 1.807) is 0 Å². The molecule has 2 heterocycles. The summed E-state index contributed by atoms with van der Waals surface area (Å²) in [6.45, 7) is 8.83. The molecule has 1 N–H and O–H groups in total. The largest absolute Gasteiger partial charge is 0.378 e. The zero-order valence-corrected chi connectivity index (χ0v) is 18.6. The molecule has 0 bridgehead atoms. The molecule has 164 valence electrons. The summed E-state index contributed by atoms with van der Waals surface area (Å²) in [5, 5.41) is 3.49. The number of anilines is 1. The molecule has 1 saturated heterocycles. The first-order valence-electron chi connectivity index (χ1n) is 12.0. The van der Waals surface area contributed by atoms with Crippen molar-refractivity contribution in [2.24, 2.45) is 10.9 Å². The normalized spacial score (nSPS) is 21.0. The average molecular weight is 411 g/mol. The summed E-state index contributed by atoms with van der Waals surface area (Å²) < 4.78 is 6.24. The van der Waals surface area contributed by atoms with Gasteiger partial charge in [-0.05, 0) is 56.2 Å². The predicted molar refractivity (Wildman–Crippen MR) is 125 cm³/mol. The first-order valence-corrected chi connectivity index (χ1v) is 12.0. The maximum Gasteiger partial charge on any atom is 0.194 e. The van der Waals surface area contributed by atoms with Crippen LogP contribution >= 0.6 is 0 Å². The standard InChI is InChI=1S/C25H38N4O/c1-2-26-25(27-19-21-9-11-23(12-10-21)28-15-5-6-16-28)29-17-13-24(14-18-29)30-20-22-7-3-4-8-22/h5-6,9-12,22,24H,2-4,7-8,13-20H2,1H3,(H,26,27). The number of guanidine groups is 1. The lowest BCUT2D eigenvalue weighted by Gasteiger charge is -2.34. The first kappa shape index (κ1) is 21.2. The lowest BCUT2D eigenvalue weighted by Crippen LogP contribution is -2.47. The van der Waals surface area contributed by atoms with Crippen LogP contribution in [-0.2, 0) is 11.3 Å². The van der Waals surface area contributed by atoms with Gasteiger partial charge in [0.15, 0.2) is 5.96 Å². The van der Waals surface area contributed by atoms with E-state index < -0.39 is 0 Å². The Hall–Kier alpha value is -2.01. The quantitative estimate of drug-likeness (QED) is 0.415.